The molecule has 0 bridgehead atoms. The SMILES string of the molecule is CC1CCN(C(CNC(=O)CNCC2CC2)c2ccccc2)CC1. The van der Waals surface area contributed by atoms with Crippen LogP contribution in [-0.2, 0) is 4.79 Å². The van der Waals surface area contributed by atoms with Gasteiger partial charge < -0.3 is 10.6 Å². The maximum Gasteiger partial charge on any atom is 0.234 e. The second-order valence-electron chi connectivity index (χ2n) is 7.52. The number of hydrogen-bond donors (Lipinski definition) is 2. The molecule has 132 valence electrons. The van der Waals surface area contributed by atoms with E-state index < -0.39 is 0 Å². The van der Waals surface area contributed by atoms with Crippen molar-refractivity contribution in [3.05, 3.63) is 35.9 Å². The number of hydrogen-bond acceptors (Lipinski definition) is 3. The molecule has 24 heavy (non-hydrogen) atoms. The maximum atomic E-state index is 12.1. The molecule has 1 amide bonds. The minimum absolute atomic E-state index is 0.113. The summed E-state index contributed by atoms with van der Waals surface area (Å²) in [4.78, 5) is 14.7. The van der Waals surface area contributed by atoms with Gasteiger partial charge in [-0.2, -0.15) is 0 Å². The lowest BCUT2D eigenvalue weighted by molar-refractivity contribution is -0.120. The van der Waals surface area contributed by atoms with Crippen LogP contribution in [0, 0.1) is 11.8 Å². The molecule has 0 aromatic heterocycles. The summed E-state index contributed by atoms with van der Waals surface area (Å²) < 4.78 is 0. The summed E-state index contributed by atoms with van der Waals surface area (Å²) in [5.74, 6) is 1.74. The lowest BCUT2D eigenvalue weighted by atomic mass is 9.95. The molecule has 2 N–H and O–H groups in total. The zero-order valence-electron chi connectivity index (χ0n) is 14.8. The monoisotopic (exact) mass is 329 g/mol. The fraction of sp³-hybridized carbons (Fsp3) is 0.650. The zero-order chi connectivity index (χ0) is 16.8. The van der Waals surface area contributed by atoms with E-state index in [0.29, 0.717) is 13.1 Å². The van der Waals surface area contributed by atoms with Crippen LogP contribution >= 0.6 is 0 Å². The standard InChI is InChI=1S/C20H31N3O/c1-16-9-11-23(12-10-16)19(18-5-3-2-4-6-18)14-22-20(24)15-21-13-17-7-8-17/h2-6,16-17,19,21H,7-15H2,1H3,(H,22,24). The molecule has 1 saturated heterocycles. The average Bonchev–Trinajstić information content (AvgIpc) is 3.42. The van der Waals surface area contributed by atoms with Gasteiger partial charge in [0.2, 0.25) is 5.91 Å². The van der Waals surface area contributed by atoms with Crippen molar-refractivity contribution < 1.29 is 4.79 Å². The van der Waals surface area contributed by atoms with Crippen LogP contribution in [0.3, 0.4) is 0 Å². The maximum absolute atomic E-state index is 12.1. The quantitative estimate of drug-likeness (QED) is 0.770. The summed E-state index contributed by atoms with van der Waals surface area (Å²) in [5.41, 5.74) is 1.30. The molecule has 1 aromatic carbocycles. The minimum atomic E-state index is 0.113. The van der Waals surface area contributed by atoms with E-state index >= 15 is 0 Å². The predicted molar refractivity (Wildman–Crippen MR) is 97.8 cm³/mol. The molecule has 3 rings (SSSR count). The molecule has 2 aliphatic rings. The van der Waals surface area contributed by atoms with Crippen molar-refractivity contribution in [3.63, 3.8) is 0 Å². The Balaban J connectivity index is 1.52. The van der Waals surface area contributed by atoms with Gasteiger partial charge >= 0.3 is 0 Å². The number of nitrogens with zero attached hydrogens (tertiary/aromatic N) is 1. The smallest absolute Gasteiger partial charge is 0.234 e. The van der Waals surface area contributed by atoms with Gasteiger partial charge in [-0.15, -0.1) is 0 Å². The first kappa shape index (κ1) is 17.4. The van der Waals surface area contributed by atoms with Gasteiger partial charge in [-0.3, -0.25) is 9.69 Å². The van der Waals surface area contributed by atoms with E-state index in [1.807, 2.05) is 0 Å². The third-order valence-corrected chi connectivity index (χ3v) is 5.35. The fourth-order valence-corrected chi connectivity index (χ4v) is 3.46. The highest BCUT2D eigenvalue weighted by atomic mass is 16.1. The summed E-state index contributed by atoms with van der Waals surface area (Å²) >= 11 is 0. The Hall–Kier alpha value is -1.39. The Morgan fingerprint density at radius 3 is 2.54 bits per heavy atom. The van der Waals surface area contributed by atoms with Crippen molar-refractivity contribution in [3.8, 4) is 0 Å². The van der Waals surface area contributed by atoms with Gasteiger partial charge in [0.25, 0.3) is 0 Å². The van der Waals surface area contributed by atoms with Gasteiger partial charge in [0.1, 0.15) is 0 Å². The largest absolute Gasteiger partial charge is 0.353 e. The van der Waals surface area contributed by atoms with E-state index in [2.05, 4.69) is 52.8 Å². The number of rotatable bonds is 8. The molecule has 1 unspecified atom stereocenters. The highest BCUT2D eigenvalue weighted by Crippen LogP contribution is 2.27. The summed E-state index contributed by atoms with van der Waals surface area (Å²) in [6, 6.07) is 10.9. The van der Waals surface area contributed by atoms with Crippen molar-refractivity contribution in [2.24, 2.45) is 11.8 Å². The van der Waals surface area contributed by atoms with Gasteiger partial charge in [-0.05, 0) is 62.7 Å². The van der Waals surface area contributed by atoms with E-state index in [-0.39, 0.29) is 11.9 Å². The van der Waals surface area contributed by atoms with Crippen LogP contribution in [0.15, 0.2) is 30.3 Å². The third-order valence-electron chi connectivity index (χ3n) is 5.35. The normalized spacial score (nSPS) is 20.7. The van der Waals surface area contributed by atoms with E-state index in [4.69, 9.17) is 0 Å². The van der Waals surface area contributed by atoms with Crippen LogP contribution in [0.4, 0.5) is 0 Å². The summed E-state index contributed by atoms with van der Waals surface area (Å²) in [6.07, 6.45) is 5.14. The molecule has 4 heteroatoms. The van der Waals surface area contributed by atoms with Crippen LogP contribution in [0.25, 0.3) is 0 Å². The van der Waals surface area contributed by atoms with Gasteiger partial charge in [0.15, 0.2) is 0 Å². The minimum Gasteiger partial charge on any atom is -0.353 e. The highest BCUT2D eigenvalue weighted by Gasteiger charge is 2.25. The Morgan fingerprint density at radius 1 is 1.17 bits per heavy atom. The van der Waals surface area contributed by atoms with Crippen LogP contribution in [-0.4, -0.2) is 43.5 Å². The van der Waals surface area contributed by atoms with Crippen molar-refractivity contribution in [1.29, 1.82) is 0 Å². The first-order chi connectivity index (χ1) is 11.7. The Bertz CT molecular complexity index is 507. The molecule has 1 atom stereocenters. The second-order valence-corrected chi connectivity index (χ2v) is 7.52. The Morgan fingerprint density at radius 2 is 1.88 bits per heavy atom. The van der Waals surface area contributed by atoms with Crippen LogP contribution < -0.4 is 10.6 Å². The van der Waals surface area contributed by atoms with E-state index in [1.54, 1.807) is 0 Å². The number of likely N-dealkylation sites (tertiary alicyclic amines) is 1. The molecule has 1 aliphatic heterocycles. The summed E-state index contributed by atoms with van der Waals surface area (Å²) in [6.45, 7) is 6.70. The molecule has 2 fully saturated rings. The molecular weight excluding hydrogens is 298 g/mol. The average molecular weight is 329 g/mol. The Kier molecular flexibility index (Phi) is 6.27. The molecular formula is C20H31N3O. The van der Waals surface area contributed by atoms with E-state index in [9.17, 15) is 4.79 Å². The summed E-state index contributed by atoms with van der Waals surface area (Å²) in [5, 5.41) is 6.41. The van der Waals surface area contributed by atoms with Gasteiger partial charge in [-0.1, -0.05) is 37.3 Å². The van der Waals surface area contributed by atoms with Crippen LogP contribution in [0.1, 0.15) is 44.2 Å². The molecule has 4 nitrogen and oxygen atoms in total. The number of nitrogens with one attached hydrogen (secondary N) is 2. The second kappa shape index (κ2) is 8.63. The fourth-order valence-electron chi connectivity index (χ4n) is 3.46. The first-order valence-electron chi connectivity index (χ1n) is 9.49. The van der Waals surface area contributed by atoms with Gasteiger partial charge in [0, 0.05) is 6.54 Å². The zero-order valence-corrected chi connectivity index (χ0v) is 14.8. The topological polar surface area (TPSA) is 44.4 Å². The predicted octanol–water partition coefficient (Wildman–Crippen LogP) is 2.58. The molecule has 1 aliphatic carbocycles. The molecule has 1 saturated carbocycles. The lowest BCUT2D eigenvalue weighted by Gasteiger charge is -2.37. The van der Waals surface area contributed by atoms with Gasteiger partial charge in [-0.25, -0.2) is 0 Å². The number of piperidine rings is 1. The number of benzene rings is 1. The molecule has 1 heterocycles. The van der Waals surface area contributed by atoms with Crippen molar-refractivity contribution in [1.82, 2.24) is 15.5 Å². The molecule has 0 radical (unpaired) electrons. The number of amides is 1. The van der Waals surface area contributed by atoms with Crippen molar-refractivity contribution in [2.45, 2.75) is 38.6 Å². The molecule has 1 aromatic rings. The Labute approximate surface area is 146 Å². The highest BCUT2D eigenvalue weighted by molar-refractivity contribution is 5.78. The van der Waals surface area contributed by atoms with Crippen molar-refractivity contribution in [2.75, 3.05) is 32.7 Å². The molecule has 0 spiro atoms. The van der Waals surface area contributed by atoms with Crippen LogP contribution in [0.5, 0.6) is 0 Å². The van der Waals surface area contributed by atoms with Crippen molar-refractivity contribution >= 4 is 5.91 Å². The first-order valence-corrected chi connectivity index (χ1v) is 9.49. The summed E-state index contributed by atoms with van der Waals surface area (Å²) in [7, 11) is 0. The van der Waals surface area contributed by atoms with E-state index in [0.717, 1.165) is 31.5 Å². The number of carbonyl (C=O) groups excluding carboxylic acids is 1. The number of carbonyl (C=O) groups is 1. The lowest BCUT2D eigenvalue weighted by Crippen LogP contribution is -2.43. The van der Waals surface area contributed by atoms with E-state index in [1.165, 1.54) is 31.2 Å². The third kappa shape index (κ3) is 5.32. The van der Waals surface area contributed by atoms with Gasteiger partial charge in [0.05, 0.1) is 12.6 Å². The van der Waals surface area contributed by atoms with Crippen LogP contribution in [0.2, 0.25) is 0 Å².